The lowest BCUT2D eigenvalue weighted by atomic mass is 10.0. The number of benzene rings is 1. The second-order valence-electron chi connectivity index (χ2n) is 5.03. The highest BCUT2D eigenvalue weighted by molar-refractivity contribution is 6.30. The Morgan fingerprint density at radius 1 is 1.40 bits per heavy atom. The number of carbonyl (C=O) groups excluding carboxylic acids is 1. The first kappa shape index (κ1) is 13.2. The fourth-order valence-electron chi connectivity index (χ4n) is 2.66. The van der Waals surface area contributed by atoms with Crippen LogP contribution in [-0.4, -0.2) is 22.5 Å². The van der Waals surface area contributed by atoms with Crippen molar-refractivity contribution >= 4 is 17.5 Å². The van der Waals surface area contributed by atoms with E-state index in [-0.39, 0.29) is 11.9 Å². The maximum Gasteiger partial charge on any atom is 0.276 e. The molecule has 104 valence electrons. The number of nitrogens with zero attached hydrogens (tertiary/aromatic N) is 2. The summed E-state index contributed by atoms with van der Waals surface area (Å²) in [7, 11) is 0. The molecule has 0 unspecified atom stereocenters. The van der Waals surface area contributed by atoms with E-state index in [1.807, 2.05) is 29.2 Å². The Morgan fingerprint density at radius 3 is 2.80 bits per heavy atom. The molecule has 0 aliphatic carbocycles. The molecule has 0 N–H and O–H groups in total. The Bertz CT molecular complexity index is 621. The van der Waals surface area contributed by atoms with E-state index < -0.39 is 0 Å². The molecular weight excluding hydrogens is 276 g/mol. The summed E-state index contributed by atoms with van der Waals surface area (Å²) in [6.07, 6.45) is 1.96. The zero-order valence-corrected chi connectivity index (χ0v) is 11.9. The summed E-state index contributed by atoms with van der Waals surface area (Å²) in [5, 5.41) is 4.52. The van der Waals surface area contributed by atoms with E-state index in [0.29, 0.717) is 16.5 Å². The summed E-state index contributed by atoms with van der Waals surface area (Å²) >= 11 is 5.91. The van der Waals surface area contributed by atoms with Crippen molar-refractivity contribution in [1.82, 2.24) is 10.1 Å². The van der Waals surface area contributed by atoms with Crippen LogP contribution in [0.3, 0.4) is 0 Å². The molecule has 5 heteroatoms. The van der Waals surface area contributed by atoms with Gasteiger partial charge >= 0.3 is 0 Å². The fraction of sp³-hybridized carbons (Fsp3) is 0.333. The van der Waals surface area contributed by atoms with E-state index in [1.165, 1.54) is 0 Å². The van der Waals surface area contributed by atoms with Crippen molar-refractivity contribution in [2.75, 3.05) is 6.54 Å². The highest BCUT2D eigenvalue weighted by Crippen LogP contribution is 2.33. The maximum atomic E-state index is 12.5. The van der Waals surface area contributed by atoms with Crippen LogP contribution in [0, 0.1) is 6.92 Å². The van der Waals surface area contributed by atoms with Crippen LogP contribution in [0.5, 0.6) is 0 Å². The standard InChI is InChI=1S/C15H15ClN2O2/c1-10-9-13(17-20-10)15(19)18-8-2-3-14(18)11-4-6-12(16)7-5-11/h4-7,9,14H,2-3,8H2,1H3/t14-/m1/s1. The molecule has 0 spiro atoms. The van der Waals surface area contributed by atoms with Gasteiger partial charge in [-0.05, 0) is 37.5 Å². The van der Waals surface area contributed by atoms with Crippen molar-refractivity contribution in [1.29, 1.82) is 0 Å². The molecule has 2 heterocycles. The monoisotopic (exact) mass is 290 g/mol. The topological polar surface area (TPSA) is 46.3 Å². The van der Waals surface area contributed by atoms with Crippen molar-refractivity contribution in [2.45, 2.75) is 25.8 Å². The predicted octanol–water partition coefficient (Wildman–Crippen LogP) is 3.61. The number of hydrogen-bond acceptors (Lipinski definition) is 3. The SMILES string of the molecule is Cc1cc(C(=O)N2CCC[C@@H]2c2ccc(Cl)cc2)no1. The molecule has 4 nitrogen and oxygen atoms in total. The normalized spacial score (nSPS) is 18.5. The second kappa shape index (κ2) is 5.29. The van der Waals surface area contributed by atoms with E-state index in [4.69, 9.17) is 16.1 Å². The smallest absolute Gasteiger partial charge is 0.276 e. The van der Waals surface area contributed by atoms with Crippen molar-refractivity contribution in [3.05, 3.63) is 52.4 Å². The second-order valence-corrected chi connectivity index (χ2v) is 5.47. The van der Waals surface area contributed by atoms with Crippen LogP contribution in [0.4, 0.5) is 0 Å². The van der Waals surface area contributed by atoms with E-state index in [1.54, 1.807) is 13.0 Å². The first-order valence-corrected chi connectivity index (χ1v) is 7.03. The summed E-state index contributed by atoms with van der Waals surface area (Å²) in [6, 6.07) is 9.45. The number of amides is 1. The van der Waals surface area contributed by atoms with Gasteiger partial charge in [0.1, 0.15) is 5.76 Å². The molecule has 1 fully saturated rings. The van der Waals surface area contributed by atoms with Crippen molar-refractivity contribution in [3.63, 3.8) is 0 Å². The van der Waals surface area contributed by atoms with Gasteiger partial charge in [0, 0.05) is 17.6 Å². The van der Waals surface area contributed by atoms with Gasteiger partial charge in [-0.3, -0.25) is 4.79 Å². The number of likely N-dealkylation sites (tertiary alicyclic amines) is 1. The molecule has 1 amide bonds. The Hall–Kier alpha value is -1.81. The number of halogens is 1. The number of aromatic nitrogens is 1. The molecule has 1 aromatic carbocycles. The van der Waals surface area contributed by atoms with E-state index >= 15 is 0 Å². The third-order valence-corrected chi connectivity index (χ3v) is 3.87. The Balaban J connectivity index is 1.85. The maximum absolute atomic E-state index is 12.5. The molecule has 1 aliphatic heterocycles. The largest absolute Gasteiger partial charge is 0.361 e. The summed E-state index contributed by atoms with van der Waals surface area (Å²) < 4.78 is 4.99. The molecule has 1 atom stereocenters. The highest BCUT2D eigenvalue weighted by Gasteiger charge is 2.31. The lowest BCUT2D eigenvalue weighted by Crippen LogP contribution is -2.30. The average Bonchev–Trinajstić information content (AvgIpc) is 3.07. The van der Waals surface area contributed by atoms with Crippen LogP contribution < -0.4 is 0 Å². The third-order valence-electron chi connectivity index (χ3n) is 3.62. The number of rotatable bonds is 2. The van der Waals surface area contributed by atoms with Crippen LogP contribution in [0.15, 0.2) is 34.9 Å². The zero-order valence-electron chi connectivity index (χ0n) is 11.2. The van der Waals surface area contributed by atoms with Crippen molar-refractivity contribution in [3.8, 4) is 0 Å². The summed E-state index contributed by atoms with van der Waals surface area (Å²) in [5.74, 6) is 0.579. The van der Waals surface area contributed by atoms with E-state index in [0.717, 1.165) is 24.9 Å². The van der Waals surface area contributed by atoms with Gasteiger partial charge < -0.3 is 9.42 Å². The van der Waals surface area contributed by atoms with Crippen LogP contribution in [0.1, 0.15) is 40.7 Å². The molecule has 1 aromatic heterocycles. The third kappa shape index (κ3) is 2.43. The van der Waals surface area contributed by atoms with Crippen LogP contribution in [0.25, 0.3) is 0 Å². The van der Waals surface area contributed by atoms with Crippen molar-refractivity contribution in [2.24, 2.45) is 0 Å². The summed E-state index contributed by atoms with van der Waals surface area (Å²) in [4.78, 5) is 14.3. The van der Waals surface area contributed by atoms with E-state index in [9.17, 15) is 4.79 Å². The van der Waals surface area contributed by atoms with Gasteiger partial charge in [-0.1, -0.05) is 28.9 Å². The molecule has 20 heavy (non-hydrogen) atoms. The quantitative estimate of drug-likeness (QED) is 0.849. The molecule has 1 aliphatic rings. The first-order chi connectivity index (χ1) is 9.65. The molecule has 0 bridgehead atoms. The molecule has 1 saturated heterocycles. The van der Waals surface area contributed by atoms with Gasteiger partial charge in [-0.2, -0.15) is 0 Å². The van der Waals surface area contributed by atoms with Crippen LogP contribution in [-0.2, 0) is 0 Å². The molecular formula is C15H15ClN2O2. The lowest BCUT2D eigenvalue weighted by molar-refractivity contribution is 0.0725. The first-order valence-electron chi connectivity index (χ1n) is 6.65. The van der Waals surface area contributed by atoms with Crippen LogP contribution in [0.2, 0.25) is 5.02 Å². The Labute approximate surface area is 122 Å². The van der Waals surface area contributed by atoms with Crippen LogP contribution >= 0.6 is 11.6 Å². The van der Waals surface area contributed by atoms with Gasteiger partial charge in [0.05, 0.1) is 6.04 Å². The number of hydrogen-bond donors (Lipinski definition) is 0. The zero-order chi connectivity index (χ0) is 14.1. The highest BCUT2D eigenvalue weighted by atomic mass is 35.5. The number of aryl methyl sites for hydroxylation is 1. The van der Waals surface area contributed by atoms with Gasteiger partial charge in [0.2, 0.25) is 0 Å². The molecule has 0 saturated carbocycles. The predicted molar refractivity (Wildman–Crippen MR) is 75.7 cm³/mol. The minimum atomic E-state index is -0.0701. The van der Waals surface area contributed by atoms with Gasteiger partial charge in [0.25, 0.3) is 5.91 Å². The minimum absolute atomic E-state index is 0.0701. The van der Waals surface area contributed by atoms with E-state index in [2.05, 4.69) is 5.16 Å². The molecule has 2 aromatic rings. The summed E-state index contributed by atoms with van der Waals surface area (Å²) in [5.41, 5.74) is 1.49. The van der Waals surface area contributed by atoms with Gasteiger partial charge in [0.15, 0.2) is 5.69 Å². The number of carbonyl (C=O) groups is 1. The Kier molecular flexibility index (Phi) is 3.49. The van der Waals surface area contributed by atoms with Crippen molar-refractivity contribution < 1.29 is 9.32 Å². The molecule has 3 rings (SSSR count). The van der Waals surface area contributed by atoms with Gasteiger partial charge in [-0.15, -0.1) is 0 Å². The fourth-order valence-corrected chi connectivity index (χ4v) is 2.78. The molecule has 0 radical (unpaired) electrons. The Morgan fingerprint density at radius 2 is 2.15 bits per heavy atom. The summed E-state index contributed by atoms with van der Waals surface area (Å²) in [6.45, 7) is 2.53. The minimum Gasteiger partial charge on any atom is -0.361 e. The average molecular weight is 291 g/mol. The van der Waals surface area contributed by atoms with Gasteiger partial charge in [-0.25, -0.2) is 0 Å². The lowest BCUT2D eigenvalue weighted by Gasteiger charge is -2.24.